The number of hydrogen-bond acceptors (Lipinski definition) is 2. The first-order valence-electron chi connectivity index (χ1n) is 6.65. The monoisotopic (exact) mass is 244 g/mol. The third-order valence-electron chi connectivity index (χ3n) is 3.98. The lowest BCUT2D eigenvalue weighted by Crippen LogP contribution is -2.46. The van der Waals surface area contributed by atoms with Crippen molar-refractivity contribution in [1.82, 2.24) is 10.3 Å². The number of nitrogens with one attached hydrogen (secondary N) is 2. The predicted molar refractivity (Wildman–Crippen MR) is 73.6 cm³/mol. The number of ether oxygens (including phenoxy) is 1. The first-order chi connectivity index (χ1) is 8.77. The predicted octanol–water partition coefficient (Wildman–Crippen LogP) is 2.83. The van der Waals surface area contributed by atoms with Gasteiger partial charge in [-0.3, -0.25) is 0 Å². The van der Waals surface area contributed by atoms with Gasteiger partial charge in [0, 0.05) is 37.0 Å². The van der Waals surface area contributed by atoms with Crippen molar-refractivity contribution < 1.29 is 4.74 Å². The summed E-state index contributed by atoms with van der Waals surface area (Å²) < 4.78 is 5.43. The molecular weight excluding hydrogens is 224 g/mol. The van der Waals surface area contributed by atoms with Gasteiger partial charge in [0.2, 0.25) is 0 Å². The Morgan fingerprint density at radius 2 is 2.11 bits per heavy atom. The molecule has 1 fully saturated rings. The summed E-state index contributed by atoms with van der Waals surface area (Å²) in [5.41, 5.74) is 2.80. The van der Waals surface area contributed by atoms with Gasteiger partial charge in [-0.05, 0) is 36.8 Å². The number of H-pyrrole nitrogens is 1. The average molecular weight is 244 g/mol. The molecular formula is C15H20N2O. The fourth-order valence-electron chi connectivity index (χ4n) is 2.60. The standard InChI is InChI=1S/C15H20N2O/c1-15(6-9-18-10-7-15)17-11-13-4-2-3-12-5-8-16-14(12)13/h2-5,8,16-17H,6-7,9-11H2,1H3. The van der Waals surface area contributed by atoms with Gasteiger partial charge in [-0.1, -0.05) is 18.2 Å². The number of benzene rings is 1. The highest BCUT2D eigenvalue weighted by Gasteiger charge is 2.26. The Bertz CT molecular complexity index is 526. The van der Waals surface area contributed by atoms with Gasteiger partial charge in [0.15, 0.2) is 0 Å². The molecule has 1 saturated heterocycles. The largest absolute Gasteiger partial charge is 0.381 e. The van der Waals surface area contributed by atoms with Crippen LogP contribution in [0.25, 0.3) is 10.9 Å². The van der Waals surface area contributed by atoms with Gasteiger partial charge < -0.3 is 15.0 Å². The summed E-state index contributed by atoms with van der Waals surface area (Å²) in [5, 5.41) is 4.98. The molecule has 18 heavy (non-hydrogen) atoms. The smallest absolute Gasteiger partial charge is 0.0499 e. The van der Waals surface area contributed by atoms with Crippen LogP contribution in [0, 0.1) is 0 Å². The molecule has 96 valence electrons. The fourth-order valence-corrected chi connectivity index (χ4v) is 2.60. The second-order valence-corrected chi connectivity index (χ2v) is 5.39. The Labute approximate surface area is 108 Å². The van der Waals surface area contributed by atoms with Gasteiger partial charge in [-0.15, -0.1) is 0 Å². The van der Waals surface area contributed by atoms with Crippen LogP contribution in [0.5, 0.6) is 0 Å². The van der Waals surface area contributed by atoms with Crippen molar-refractivity contribution in [3.63, 3.8) is 0 Å². The van der Waals surface area contributed by atoms with Crippen molar-refractivity contribution in [2.24, 2.45) is 0 Å². The maximum atomic E-state index is 5.43. The van der Waals surface area contributed by atoms with Gasteiger partial charge in [-0.2, -0.15) is 0 Å². The molecule has 0 radical (unpaired) electrons. The van der Waals surface area contributed by atoms with E-state index in [1.54, 1.807) is 0 Å². The molecule has 3 rings (SSSR count). The van der Waals surface area contributed by atoms with Gasteiger partial charge in [-0.25, -0.2) is 0 Å². The minimum absolute atomic E-state index is 0.215. The third-order valence-corrected chi connectivity index (χ3v) is 3.98. The van der Waals surface area contributed by atoms with Crippen molar-refractivity contribution in [1.29, 1.82) is 0 Å². The Balaban J connectivity index is 1.74. The van der Waals surface area contributed by atoms with Crippen LogP contribution in [0.1, 0.15) is 25.3 Å². The molecule has 0 amide bonds. The number of para-hydroxylation sites is 1. The Hall–Kier alpha value is -1.32. The van der Waals surface area contributed by atoms with E-state index in [1.807, 2.05) is 6.20 Å². The van der Waals surface area contributed by atoms with Crippen molar-refractivity contribution >= 4 is 10.9 Å². The van der Waals surface area contributed by atoms with Crippen LogP contribution in [-0.2, 0) is 11.3 Å². The summed E-state index contributed by atoms with van der Waals surface area (Å²) in [7, 11) is 0. The molecule has 1 aliphatic heterocycles. The van der Waals surface area contributed by atoms with Crippen LogP contribution in [0.2, 0.25) is 0 Å². The highest BCUT2D eigenvalue weighted by atomic mass is 16.5. The summed E-state index contributed by atoms with van der Waals surface area (Å²) in [6.07, 6.45) is 4.19. The highest BCUT2D eigenvalue weighted by Crippen LogP contribution is 2.22. The molecule has 0 saturated carbocycles. The molecule has 0 aliphatic carbocycles. The van der Waals surface area contributed by atoms with Crippen LogP contribution in [-0.4, -0.2) is 23.7 Å². The van der Waals surface area contributed by atoms with Crippen molar-refractivity contribution in [3.8, 4) is 0 Å². The molecule has 0 atom stereocenters. The molecule has 2 N–H and O–H groups in total. The molecule has 2 aromatic rings. The van der Waals surface area contributed by atoms with Gasteiger partial charge >= 0.3 is 0 Å². The number of rotatable bonds is 3. The maximum Gasteiger partial charge on any atom is 0.0499 e. The number of hydrogen-bond donors (Lipinski definition) is 2. The molecule has 1 aromatic heterocycles. The Morgan fingerprint density at radius 1 is 1.28 bits per heavy atom. The minimum atomic E-state index is 0.215. The number of aromatic nitrogens is 1. The van der Waals surface area contributed by atoms with E-state index in [1.165, 1.54) is 16.5 Å². The molecule has 3 nitrogen and oxygen atoms in total. The van der Waals surface area contributed by atoms with Crippen LogP contribution in [0.15, 0.2) is 30.5 Å². The van der Waals surface area contributed by atoms with E-state index in [9.17, 15) is 0 Å². The number of fused-ring (bicyclic) bond motifs is 1. The van der Waals surface area contributed by atoms with E-state index in [0.29, 0.717) is 0 Å². The summed E-state index contributed by atoms with van der Waals surface area (Å²) >= 11 is 0. The minimum Gasteiger partial charge on any atom is -0.381 e. The van der Waals surface area contributed by atoms with Crippen LogP contribution in [0.4, 0.5) is 0 Å². The van der Waals surface area contributed by atoms with Gasteiger partial charge in [0.1, 0.15) is 0 Å². The highest BCUT2D eigenvalue weighted by molar-refractivity contribution is 5.82. The number of aromatic amines is 1. The van der Waals surface area contributed by atoms with Crippen LogP contribution >= 0.6 is 0 Å². The summed E-state index contributed by atoms with van der Waals surface area (Å²) in [6, 6.07) is 8.58. The Morgan fingerprint density at radius 3 is 2.94 bits per heavy atom. The quantitative estimate of drug-likeness (QED) is 0.871. The van der Waals surface area contributed by atoms with Crippen LogP contribution in [0.3, 0.4) is 0 Å². The van der Waals surface area contributed by atoms with Crippen molar-refractivity contribution in [3.05, 3.63) is 36.0 Å². The molecule has 3 heteroatoms. The van der Waals surface area contributed by atoms with Gasteiger partial charge in [0.25, 0.3) is 0 Å². The fraction of sp³-hybridized carbons (Fsp3) is 0.467. The lowest BCUT2D eigenvalue weighted by atomic mass is 9.92. The first-order valence-corrected chi connectivity index (χ1v) is 6.65. The van der Waals surface area contributed by atoms with Crippen molar-refractivity contribution in [2.45, 2.75) is 31.8 Å². The summed E-state index contributed by atoms with van der Waals surface area (Å²) in [4.78, 5) is 3.32. The normalized spacial score (nSPS) is 19.2. The summed E-state index contributed by atoms with van der Waals surface area (Å²) in [6.45, 7) is 4.95. The lowest BCUT2D eigenvalue weighted by molar-refractivity contribution is 0.0446. The van der Waals surface area contributed by atoms with E-state index >= 15 is 0 Å². The molecule has 1 aliphatic rings. The third kappa shape index (κ3) is 2.28. The van der Waals surface area contributed by atoms with E-state index in [2.05, 4.69) is 41.5 Å². The second-order valence-electron chi connectivity index (χ2n) is 5.39. The maximum absolute atomic E-state index is 5.43. The van der Waals surface area contributed by atoms with E-state index < -0.39 is 0 Å². The van der Waals surface area contributed by atoms with Crippen molar-refractivity contribution in [2.75, 3.05) is 13.2 Å². The zero-order valence-electron chi connectivity index (χ0n) is 10.8. The molecule has 0 bridgehead atoms. The first kappa shape index (κ1) is 11.8. The second kappa shape index (κ2) is 4.75. The topological polar surface area (TPSA) is 37.0 Å². The van der Waals surface area contributed by atoms with E-state index in [4.69, 9.17) is 4.74 Å². The van der Waals surface area contributed by atoms with Crippen LogP contribution < -0.4 is 5.32 Å². The zero-order valence-corrected chi connectivity index (χ0v) is 10.8. The average Bonchev–Trinajstić information content (AvgIpc) is 2.86. The molecule has 1 aromatic carbocycles. The summed E-state index contributed by atoms with van der Waals surface area (Å²) in [5.74, 6) is 0. The van der Waals surface area contributed by atoms with E-state index in [0.717, 1.165) is 32.6 Å². The van der Waals surface area contributed by atoms with Gasteiger partial charge in [0.05, 0.1) is 0 Å². The lowest BCUT2D eigenvalue weighted by Gasteiger charge is -2.34. The zero-order chi connectivity index (χ0) is 12.4. The molecule has 2 heterocycles. The Kier molecular flexibility index (Phi) is 3.10. The molecule has 0 spiro atoms. The SMILES string of the molecule is CC1(NCc2cccc3cc[nH]c23)CCOCC1. The molecule has 0 unspecified atom stereocenters. The van der Waals surface area contributed by atoms with E-state index in [-0.39, 0.29) is 5.54 Å².